The number of rotatable bonds is 5. The summed E-state index contributed by atoms with van der Waals surface area (Å²) in [6, 6.07) is 0.0796. The summed E-state index contributed by atoms with van der Waals surface area (Å²) in [6.07, 6.45) is -2.30. The van der Waals surface area contributed by atoms with Gasteiger partial charge in [-0.1, -0.05) is 20.3 Å². The first-order valence-electron chi connectivity index (χ1n) is 6.24. The van der Waals surface area contributed by atoms with Crippen LogP contribution in [0.15, 0.2) is 15.5 Å². The minimum atomic E-state index is -4.48. The molecule has 0 aliphatic heterocycles. The van der Waals surface area contributed by atoms with E-state index in [1.54, 1.807) is 0 Å². The molecule has 1 aromatic rings. The highest BCUT2D eigenvalue weighted by Crippen LogP contribution is 2.21. The number of anilines is 1. The van der Waals surface area contributed by atoms with E-state index >= 15 is 0 Å². The molecular formula is C12H17BrF3N3O. The molecule has 114 valence electrons. The monoisotopic (exact) mass is 355 g/mol. The molecule has 20 heavy (non-hydrogen) atoms. The van der Waals surface area contributed by atoms with Gasteiger partial charge in [0.05, 0.1) is 11.9 Å². The summed E-state index contributed by atoms with van der Waals surface area (Å²) < 4.78 is 37.3. The van der Waals surface area contributed by atoms with Gasteiger partial charge >= 0.3 is 6.18 Å². The van der Waals surface area contributed by atoms with Gasteiger partial charge in [0, 0.05) is 6.04 Å². The van der Waals surface area contributed by atoms with Gasteiger partial charge in [0.15, 0.2) is 0 Å². The van der Waals surface area contributed by atoms with Crippen molar-refractivity contribution in [3.05, 3.63) is 21.0 Å². The van der Waals surface area contributed by atoms with E-state index in [0.29, 0.717) is 16.3 Å². The zero-order valence-corrected chi connectivity index (χ0v) is 13.0. The average Bonchev–Trinajstić information content (AvgIpc) is 2.35. The Morgan fingerprint density at radius 3 is 2.55 bits per heavy atom. The van der Waals surface area contributed by atoms with Crippen molar-refractivity contribution < 1.29 is 13.2 Å². The molecule has 0 amide bonds. The molecule has 0 fully saturated rings. The van der Waals surface area contributed by atoms with Crippen LogP contribution in [0.5, 0.6) is 0 Å². The predicted octanol–water partition coefficient (Wildman–Crippen LogP) is 3.41. The van der Waals surface area contributed by atoms with Crippen LogP contribution in [0.3, 0.4) is 0 Å². The van der Waals surface area contributed by atoms with Crippen LogP contribution >= 0.6 is 15.9 Å². The molecule has 0 saturated carbocycles. The maximum atomic E-state index is 12.3. The first-order chi connectivity index (χ1) is 9.15. The fourth-order valence-corrected chi connectivity index (χ4v) is 2.01. The lowest BCUT2D eigenvalue weighted by atomic mass is 10.0. The zero-order chi connectivity index (χ0) is 15.5. The molecule has 0 bridgehead atoms. The van der Waals surface area contributed by atoms with Crippen LogP contribution in [-0.4, -0.2) is 22.0 Å². The molecule has 0 aliphatic carbocycles. The van der Waals surface area contributed by atoms with Gasteiger partial charge in [-0.05, 0) is 28.8 Å². The van der Waals surface area contributed by atoms with Crippen molar-refractivity contribution in [2.75, 3.05) is 5.32 Å². The molecule has 0 aromatic carbocycles. The van der Waals surface area contributed by atoms with E-state index in [0.717, 1.165) is 6.42 Å². The van der Waals surface area contributed by atoms with E-state index in [4.69, 9.17) is 0 Å². The van der Waals surface area contributed by atoms with Gasteiger partial charge in [0.25, 0.3) is 5.56 Å². The smallest absolute Gasteiger partial charge is 0.380 e. The van der Waals surface area contributed by atoms with Crippen molar-refractivity contribution in [2.24, 2.45) is 5.92 Å². The van der Waals surface area contributed by atoms with E-state index in [-0.39, 0.29) is 10.5 Å². The predicted molar refractivity (Wildman–Crippen MR) is 74.8 cm³/mol. The fourth-order valence-electron chi connectivity index (χ4n) is 1.59. The minimum Gasteiger partial charge on any atom is -0.380 e. The zero-order valence-electron chi connectivity index (χ0n) is 11.5. The number of alkyl halides is 3. The van der Waals surface area contributed by atoms with Crippen LogP contribution in [0.25, 0.3) is 0 Å². The minimum absolute atomic E-state index is 0.0619. The van der Waals surface area contributed by atoms with E-state index in [1.165, 1.54) is 6.20 Å². The van der Waals surface area contributed by atoms with Crippen LogP contribution in [0.1, 0.15) is 27.2 Å². The molecule has 0 aliphatic rings. The summed E-state index contributed by atoms with van der Waals surface area (Å²) >= 11 is 3.03. The number of halogens is 4. The Morgan fingerprint density at radius 2 is 2.05 bits per heavy atom. The largest absolute Gasteiger partial charge is 0.408 e. The highest BCUT2D eigenvalue weighted by molar-refractivity contribution is 9.10. The van der Waals surface area contributed by atoms with Crippen LogP contribution in [0.4, 0.5) is 18.9 Å². The summed E-state index contributed by atoms with van der Waals surface area (Å²) in [7, 11) is 0. The van der Waals surface area contributed by atoms with Gasteiger partial charge < -0.3 is 5.32 Å². The van der Waals surface area contributed by atoms with E-state index in [9.17, 15) is 18.0 Å². The van der Waals surface area contributed by atoms with Crippen molar-refractivity contribution in [1.29, 1.82) is 0 Å². The SMILES string of the molecule is CCC(C)C(C)Nc1cnn(CC(F)(F)F)c(=O)c1Br. The quantitative estimate of drug-likeness (QED) is 0.880. The molecule has 0 saturated heterocycles. The van der Waals surface area contributed by atoms with Crippen LogP contribution < -0.4 is 10.9 Å². The number of hydrogen-bond acceptors (Lipinski definition) is 3. The molecule has 0 spiro atoms. The summed E-state index contributed by atoms with van der Waals surface area (Å²) in [6.45, 7) is 4.63. The average molecular weight is 356 g/mol. The van der Waals surface area contributed by atoms with Crippen molar-refractivity contribution in [3.63, 3.8) is 0 Å². The van der Waals surface area contributed by atoms with Gasteiger partial charge in [-0.15, -0.1) is 0 Å². The third kappa shape index (κ3) is 4.50. The lowest BCUT2D eigenvalue weighted by molar-refractivity contribution is -0.143. The Hall–Kier alpha value is -1.05. The van der Waals surface area contributed by atoms with Gasteiger partial charge in [0.1, 0.15) is 11.0 Å². The number of nitrogens with zero attached hydrogens (tertiary/aromatic N) is 2. The third-order valence-corrected chi connectivity index (χ3v) is 3.96. The van der Waals surface area contributed by atoms with E-state index in [1.807, 2.05) is 20.8 Å². The van der Waals surface area contributed by atoms with Gasteiger partial charge in [-0.25, -0.2) is 4.68 Å². The molecule has 0 radical (unpaired) electrons. The second-order valence-electron chi connectivity index (χ2n) is 4.77. The number of aromatic nitrogens is 2. The van der Waals surface area contributed by atoms with Crippen molar-refractivity contribution in [3.8, 4) is 0 Å². The summed E-state index contributed by atoms with van der Waals surface area (Å²) in [4.78, 5) is 11.8. The molecule has 1 aromatic heterocycles. The normalized spacial score (nSPS) is 14.9. The Labute approximate surface area is 123 Å². The molecule has 4 nitrogen and oxygen atoms in total. The Bertz CT molecular complexity index is 516. The summed E-state index contributed by atoms with van der Waals surface area (Å²) in [5, 5.41) is 6.64. The first kappa shape index (κ1) is 17.0. The number of hydrogen-bond donors (Lipinski definition) is 1. The van der Waals surface area contributed by atoms with Crippen molar-refractivity contribution in [2.45, 2.75) is 46.0 Å². The molecular weight excluding hydrogens is 339 g/mol. The molecule has 2 atom stereocenters. The topological polar surface area (TPSA) is 46.9 Å². The van der Waals surface area contributed by atoms with Gasteiger partial charge in [-0.3, -0.25) is 4.79 Å². The first-order valence-corrected chi connectivity index (χ1v) is 7.04. The fraction of sp³-hybridized carbons (Fsp3) is 0.667. The lowest BCUT2D eigenvalue weighted by Gasteiger charge is -2.21. The van der Waals surface area contributed by atoms with E-state index < -0.39 is 18.3 Å². The van der Waals surface area contributed by atoms with Crippen LogP contribution in [-0.2, 0) is 6.54 Å². The van der Waals surface area contributed by atoms with Gasteiger partial charge in [0.2, 0.25) is 0 Å². The highest BCUT2D eigenvalue weighted by Gasteiger charge is 2.29. The third-order valence-electron chi connectivity index (χ3n) is 3.19. The van der Waals surface area contributed by atoms with Crippen molar-refractivity contribution >= 4 is 21.6 Å². The molecule has 2 unspecified atom stereocenters. The second-order valence-corrected chi connectivity index (χ2v) is 5.56. The van der Waals surface area contributed by atoms with Crippen molar-refractivity contribution in [1.82, 2.24) is 9.78 Å². The molecule has 1 rings (SSSR count). The lowest BCUT2D eigenvalue weighted by Crippen LogP contribution is -2.32. The number of nitrogens with one attached hydrogen (secondary N) is 1. The molecule has 8 heteroatoms. The van der Waals surface area contributed by atoms with Crippen LogP contribution in [0.2, 0.25) is 0 Å². The van der Waals surface area contributed by atoms with E-state index in [2.05, 4.69) is 26.3 Å². The second kappa shape index (κ2) is 6.60. The summed E-state index contributed by atoms with van der Waals surface area (Å²) in [5.74, 6) is 0.361. The Morgan fingerprint density at radius 1 is 1.45 bits per heavy atom. The van der Waals surface area contributed by atoms with Crippen LogP contribution in [0, 0.1) is 5.92 Å². The van der Waals surface area contributed by atoms with Gasteiger partial charge in [-0.2, -0.15) is 18.3 Å². The summed E-state index contributed by atoms with van der Waals surface area (Å²) in [5.41, 5.74) is -0.398. The Balaban J connectivity index is 2.98. The maximum Gasteiger partial charge on any atom is 0.408 e. The molecule has 1 N–H and O–H groups in total. The maximum absolute atomic E-state index is 12.3. The Kier molecular flexibility index (Phi) is 5.61. The highest BCUT2D eigenvalue weighted by atomic mass is 79.9. The standard InChI is InChI=1S/C12H17BrF3N3O/c1-4-7(2)8(3)18-9-5-17-19(6-12(14,15)16)11(20)10(9)13/h5,7-8,18H,4,6H2,1-3H3. The molecule has 1 heterocycles.